The number of amides is 2. The van der Waals surface area contributed by atoms with Crippen molar-refractivity contribution < 1.29 is 19.1 Å². The van der Waals surface area contributed by atoms with E-state index < -0.39 is 11.0 Å². The molecule has 0 saturated heterocycles. The predicted octanol–water partition coefficient (Wildman–Crippen LogP) is 1.75. The molecule has 1 aromatic rings. The van der Waals surface area contributed by atoms with E-state index in [1.165, 1.54) is 18.0 Å². The van der Waals surface area contributed by atoms with Crippen LogP contribution in [-0.2, 0) is 9.59 Å². The second kappa shape index (κ2) is 6.20. The maximum atomic E-state index is 12.6. The van der Waals surface area contributed by atoms with Gasteiger partial charge in [0.25, 0.3) is 5.91 Å². The number of anilines is 1. The number of carbonyl (C=O) groups is 3. The third-order valence-electron chi connectivity index (χ3n) is 3.60. The van der Waals surface area contributed by atoms with Gasteiger partial charge >= 0.3 is 0 Å². The topological polar surface area (TPSA) is 75.7 Å². The highest BCUT2D eigenvalue weighted by Crippen LogP contribution is 2.38. The van der Waals surface area contributed by atoms with Crippen molar-refractivity contribution in [3.05, 3.63) is 23.8 Å². The number of hydrogen-bond acceptors (Lipinski definition) is 4. The number of hydrogen-bond donors (Lipinski definition) is 1. The Morgan fingerprint density at radius 2 is 2.04 bits per heavy atom. The van der Waals surface area contributed by atoms with Crippen molar-refractivity contribution in [2.45, 2.75) is 31.7 Å². The summed E-state index contributed by atoms with van der Waals surface area (Å²) in [6.45, 7) is 4.70. The molecule has 1 atom stereocenters. The zero-order valence-corrected chi connectivity index (χ0v) is 14.2. The van der Waals surface area contributed by atoms with Gasteiger partial charge in [0.1, 0.15) is 12.3 Å². The van der Waals surface area contributed by atoms with Crippen molar-refractivity contribution in [2.75, 3.05) is 18.5 Å². The van der Waals surface area contributed by atoms with Crippen molar-refractivity contribution in [1.82, 2.24) is 5.32 Å². The van der Waals surface area contributed by atoms with Crippen molar-refractivity contribution in [2.24, 2.45) is 0 Å². The number of fused-ring (bicyclic) bond motifs is 1. The van der Waals surface area contributed by atoms with Crippen LogP contribution in [0, 0.1) is 0 Å². The summed E-state index contributed by atoms with van der Waals surface area (Å²) in [6, 6.07) is 4.75. The van der Waals surface area contributed by atoms with Gasteiger partial charge in [0, 0.05) is 12.6 Å². The van der Waals surface area contributed by atoms with Gasteiger partial charge in [-0.15, -0.1) is 11.6 Å². The first-order valence-corrected chi connectivity index (χ1v) is 7.65. The first kappa shape index (κ1) is 17.3. The van der Waals surface area contributed by atoms with E-state index in [-0.39, 0.29) is 24.1 Å². The monoisotopic (exact) mass is 338 g/mol. The molecule has 1 aromatic carbocycles. The van der Waals surface area contributed by atoms with Crippen LogP contribution in [0.15, 0.2) is 18.2 Å². The number of carbonyl (C=O) groups excluding carboxylic acids is 3. The molecule has 0 aliphatic carbocycles. The number of nitrogens with zero attached hydrogens (tertiary/aromatic N) is 1. The van der Waals surface area contributed by atoms with E-state index in [1.54, 1.807) is 32.9 Å². The van der Waals surface area contributed by atoms with Crippen LogP contribution >= 0.6 is 11.6 Å². The lowest BCUT2D eigenvalue weighted by molar-refractivity contribution is -0.134. The fourth-order valence-corrected chi connectivity index (χ4v) is 2.46. The Bertz CT molecular complexity index is 670. The summed E-state index contributed by atoms with van der Waals surface area (Å²) in [5, 5.41) is 1.80. The maximum absolute atomic E-state index is 12.6. The molecule has 124 valence electrons. The molecule has 2 amide bonds. The molecule has 1 aliphatic rings. The Hall–Kier alpha value is -2.08. The molecule has 1 unspecified atom stereocenters. The summed E-state index contributed by atoms with van der Waals surface area (Å²) < 4.78 is 5.71. The van der Waals surface area contributed by atoms with Crippen LogP contribution in [0.3, 0.4) is 0 Å². The lowest BCUT2D eigenvalue weighted by Gasteiger charge is -2.38. The fourth-order valence-electron chi connectivity index (χ4n) is 2.33. The van der Waals surface area contributed by atoms with Gasteiger partial charge in [0.05, 0.1) is 11.1 Å². The zero-order chi connectivity index (χ0) is 17.4. The van der Waals surface area contributed by atoms with E-state index in [2.05, 4.69) is 5.32 Å². The molecule has 1 heterocycles. The lowest BCUT2D eigenvalue weighted by Crippen LogP contribution is -2.54. The zero-order valence-electron chi connectivity index (χ0n) is 13.5. The number of ketones is 1. The lowest BCUT2D eigenvalue weighted by atomic mass is 10.0. The van der Waals surface area contributed by atoms with Crippen LogP contribution in [-0.4, -0.2) is 42.2 Å². The number of Topliss-reactive ketones (excluding diaryl/α,β-unsaturated/α-hetero) is 1. The van der Waals surface area contributed by atoms with Gasteiger partial charge in [-0.25, -0.2) is 0 Å². The summed E-state index contributed by atoms with van der Waals surface area (Å²) in [7, 11) is 1.49. The van der Waals surface area contributed by atoms with Gasteiger partial charge in [-0.05, 0) is 39.0 Å². The number of halogens is 1. The third kappa shape index (κ3) is 3.32. The fraction of sp³-hybridized carbons (Fsp3) is 0.438. The molecule has 0 fully saturated rings. The maximum Gasteiger partial charge on any atom is 0.271 e. The third-order valence-corrected chi connectivity index (χ3v) is 3.80. The molecule has 0 saturated carbocycles. The summed E-state index contributed by atoms with van der Waals surface area (Å²) in [5.41, 5.74) is -0.336. The van der Waals surface area contributed by atoms with E-state index >= 15 is 0 Å². The molecule has 7 heteroatoms. The van der Waals surface area contributed by atoms with Crippen LogP contribution in [0.2, 0.25) is 0 Å². The molecule has 23 heavy (non-hydrogen) atoms. The van der Waals surface area contributed by atoms with Crippen LogP contribution < -0.4 is 15.0 Å². The predicted molar refractivity (Wildman–Crippen MR) is 87.2 cm³/mol. The summed E-state index contributed by atoms with van der Waals surface area (Å²) >= 11 is 5.84. The van der Waals surface area contributed by atoms with E-state index in [0.29, 0.717) is 17.0 Å². The summed E-state index contributed by atoms with van der Waals surface area (Å²) in [4.78, 5) is 37.7. The van der Waals surface area contributed by atoms with Crippen molar-refractivity contribution >= 4 is 34.9 Å². The van der Waals surface area contributed by atoms with Crippen LogP contribution in [0.25, 0.3) is 0 Å². The number of benzene rings is 1. The molecule has 1 aliphatic heterocycles. The average Bonchev–Trinajstić information content (AvgIpc) is 2.50. The molecular formula is C16H19ClN2O4. The van der Waals surface area contributed by atoms with E-state index in [1.807, 2.05) is 0 Å². The number of ether oxygens (including phenoxy) is 1. The Morgan fingerprint density at radius 1 is 1.39 bits per heavy atom. The van der Waals surface area contributed by atoms with Crippen molar-refractivity contribution in [3.63, 3.8) is 0 Å². The van der Waals surface area contributed by atoms with Crippen LogP contribution in [0.1, 0.15) is 31.1 Å². The minimum absolute atomic E-state index is 0.150. The average molecular weight is 339 g/mol. The van der Waals surface area contributed by atoms with Gasteiger partial charge in [-0.2, -0.15) is 0 Å². The highest BCUT2D eigenvalue weighted by Gasteiger charge is 2.41. The van der Waals surface area contributed by atoms with Crippen molar-refractivity contribution in [3.8, 4) is 5.75 Å². The number of likely N-dealkylation sites (N-methyl/N-ethyl adjacent to an activating group) is 1. The number of nitrogens with one attached hydrogen (secondary N) is 1. The van der Waals surface area contributed by atoms with E-state index in [4.69, 9.17) is 16.3 Å². The quantitative estimate of drug-likeness (QED) is 0.670. The molecule has 0 spiro atoms. The molecule has 1 N–H and O–H groups in total. The molecule has 0 radical (unpaired) electrons. The normalized spacial score (nSPS) is 17.1. The largest absolute Gasteiger partial charge is 0.476 e. The molecule has 2 rings (SSSR count). The molecule has 0 bridgehead atoms. The summed E-state index contributed by atoms with van der Waals surface area (Å²) in [6.07, 6.45) is 0. The Kier molecular flexibility index (Phi) is 4.66. The van der Waals surface area contributed by atoms with Crippen LogP contribution in [0.5, 0.6) is 5.75 Å². The first-order valence-electron chi connectivity index (χ1n) is 7.21. The van der Waals surface area contributed by atoms with Gasteiger partial charge in [0.15, 0.2) is 11.4 Å². The second-order valence-corrected chi connectivity index (χ2v) is 6.49. The molecule has 6 nitrogen and oxygen atoms in total. The molecular weight excluding hydrogens is 320 g/mol. The Morgan fingerprint density at radius 3 is 2.61 bits per heavy atom. The number of alkyl halides is 1. The summed E-state index contributed by atoms with van der Waals surface area (Å²) in [5.74, 6) is -0.481. The van der Waals surface area contributed by atoms with Gasteiger partial charge in [-0.3, -0.25) is 19.3 Å². The van der Waals surface area contributed by atoms with Gasteiger partial charge in [0.2, 0.25) is 5.91 Å². The standard InChI is InChI=1S/C16H19ClN2O4/c1-9(17)14(21)10-5-6-12-11(7-10)19(8-13(20)18-4)15(22)16(2,3)23-12/h5-7,9H,8H2,1-4H3,(H,18,20). The number of rotatable bonds is 4. The second-order valence-electron chi connectivity index (χ2n) is 5.84. The van der Waals surface area contributed by atoms with E-state index in [0.717, 1.165) is 0 Å². The molecule has 0 aromatic heterocycles. The van der Waals surface area contributed by atoms with Gasteiger partial charge in [-0.1, -0.05) is 0 Å². The van der Waals surface area contributed by atoms with Gasteiger partial charge < -0.3 is 10.1 Å². The smallest absolute Gasteiger partial charge is 0.271 e. The van der Waals surface area contributed by atoms with E-state index in [9.17, 15) is 14.4 Å². The van der Waals surface area contributed by atoms with Crippen LogP contribution in [0.4, 0.5) is 5.69 Å². The highest BCUT2D eigenvalue weighted by atomic mass is 35.5. The minimum atomic E-state index is -1.09. The Labute approximate surface area is 139 Å². The first-order chi connectivity index (χ1) is 10.7. The minimum Gasteiger partial charge on any atom is -0.476 e. The Balaban J connectivity index is 2.51. The highest BCUT2D eigenvalue weighted by molar-refractivity contribution is 6.33. The van der Waals surface area contributed by atoms with Crippen molar-refractivity contribution in [1.29, 1.82) is 0 Å². The SMILES string of the molecule is CNC(=O)CN1C(=O)C(C)(C)Oc2ccc(C(=O)C(C)Cl)cc21.